The Morgan fingerprint density at radius 2 is 2.00 bits per heavy atom. The molecule has 4 nitrogen and oxygen atoms in total. The summed E-state index contributed by atoms with van der Waals surface area (Å²) in [6.45, 7) is 2.95. The van der Waals surface area contributed by atoms with Crippen molar-refractivity contribution in [3.63, 3.8) is 0 Å². The molecule has 3 N–H and O–H groups in total. The highest BCUT2D eigenvalue weighted by Crippen LogP contribution is 2.22. The number of benzene rings is 1. The first kappa shape index (κ1) is 12.4. The van der Waals surface area contributed by atoms with Crippen LogP contribution in [0, 0.1) is 0 Å². The van der Waals surface area contributed by atoms with Gasteiger partial charge in [0.15, 0.2) is 0 Å². The van der Waals surface area contributed by atoms with Gasteiger partial charge < -0.3 is 10.0 Å². The molecule has 0 bridgehead atoms. The largest absolute Gasteiger partial charge is 0.394 e. The minimum atomic E-state index is -0.217. The molecule has 0 amide bonds. The van der Waals surface area contributed by atoms with Gasteiger partial charge in [-0.1, -0.05) is 12.1 Å². The summed E-state index contributed by atoms with van der Waals surface area (Å²) in [7, 11) is 4.06. The molecule has 2 atom stereocenters. The van der Waals surface area contributed by atoms with Crippen LogP contribution < -0.4 is 15.5 Å². The van der Waals surface area contributed by atoms with E-state index in [1.54, 1.807) is 0 Å². The van der Waals surface area contributed by atoms with E-state index in [0.717, 1.165) is 6.54 Å². The number of aliphatic hydroxyl groups excluding tert-OH is 1. The number of aliphatic hydroxyl groups is 1. The maximum absolute atomic E-state index is 9.30. The SMILES string of the molecule is CN(C)c1ccc(C2NCC(C)(CO)N2)cc1. The molecule has 1 aromatic rings. The van der Waals surface area contributed by atoms with Gasteiger partial charge in [0.05, 0.1) is 18.3 Å². The fraction of sp³-hybridized carbons (Fsp3) is 0.538. The molecule has 1 aromatic carbocycles. The Labute approximate surface area is 103 Å². The zero-order valence-corrected chi connectivity index (χ0v) is 10.7. The molecule has 1 aliphatic heterocycles. The van der Waals surface area contributed by atoms with Gasteiger partial charge in [-0.3, -0.25) is 10.6 Å². The van der Waals surface area contributed by atoms with Gasteiger partial charge in [0.25, 0.3) is 0 Å². The van der Waals surface area contributed by atoms with E-state index in [-0.39, 0.29) is 18.3 Å². The van der Waals surface area contributed by atoms with Gasteiger partial charge in [-0.25, -0.2) is 0 Å². The third-order valence-electron chi connectivity index (χ3n) is 3.28. The predicted molar refractivity (Wildman–Crippen MR) is 70.1 cm³/mol. The number of anilines is 1. The molecule has 94 valence electrons. The van der Waals surface area contributed by atoms with Crippen molar-refractivity contribution >= 4 is 5.69 Å². The summed E-state index contributed by atoms with van der Waals surface area (Å²) in [5.41, 5.74) is 2.18. The number of rotatable bonds is 3. The van der Waals surface area contributed by atoms with Crippen LogP contribution >= 0.6 is 0 Å². The van der Waals surface area contributed by atoms with Gasteiger partial charge in [0.2, 0.25) is 0 Å². The van der Waals surface area contributed by atoms with Crippen molar-refractivity contribution in [1.82, 2.24) is 10.6 Å². The van der Waals surface area contributed by atoms with E-state index in [0.29, 0.717) is 0 Å². The highest BCUT2D eigenvalue weighted by molar-refractivity contribution is 5.46. The Balaban J connectivity index is 2.09. The number of nitrogens with zero attached hydrogens (tertiary/aromatic N) is 1. The molecular weight excluding hydrogens is 214 g/mol. The van der Waals surface area contributed by atoms with E-state index < -0.39 is 0 Å². The summed E-state index contributed by atoms with van der Waals surface area (Å²) in [5, 5.41) is 16.1. The highest BCUT2D eigenvalue weighted by atomic mass is 16.3. The van der Waals surface area contributed by atoms with Crippen molar-refractivity contribution in [2.75, 3.05) is 32.1 Å². The number of hydrogen-bond acceptors (Lipinski definition) is 4. The van der Waals surface area contributed by atoms with Gasteiger partial charge in [-0.05, 0) is 24.6 Å². The summed E-state index contributed by atoms with van der Waals surface area (Å²) in [6.07, 6.45) is 0.128. The molecule has 0 aliphatic carbocycles. The van der Waals surface area contributed by atoms with Crippen LogP contribution in [-0.2, 0) is 0 Å². The number of nitrogens with one attached hydrogen (secondary N) is 2. The van der Waals surface area contributed by atoms with Crippen molar-refractivity contribution in [3.05, 3.63) is 29.8 Å². The minimum Gasteiger partial charge on any atom is -0.394 e. The van der Waals surface area contributed by atoms with Crippen molar-refractivity contribution in [3.8, 4) is 0 Å². The Morgan fingerprint density at radius 1 is 1.35 bits per heavy atom. The van der Waals surface area contributed by atoms with Gasteiger partial charge in [-0.15, -0.1) is 0 Å². The second-order valence-electron chi connectivity index (χ2n) is 5.16. The van der Waals surface area contributed by atoms with Crippen LogP contribution in [0.1, 0.15) is 18.7 Å². The third-order valence-corrected chi connectivity index (χ3v) is 3.28. The Bertz CT molecular complexity index is 377. The molecule has 2 unspecified atom stereocenters. The first-order valence-electron chi connectivity index (χ1n) is 5.93. The Morgan fingerprint density at radius 3 is 2.47 bits per heavy atom. The molecule has 1 saturated heterocycles. The summed E-state index contributed by atoms with van der Waals surface area (Å²) in [6, 6.07) is 8.44. The molecule has 0 saturated carbocycles. The number of hydrogen-bond donors (Lipinski definition) is 3. The molecule has 1 aliphatic rings. The van der Waals surface area contributed by atoms with E-state index in [2.05, 4.69) is 39.8 Å². The van der Waals surface area contributed by atoms with Crippen molar-refractivity contribution < 1.29 is 5.11 Å². The molecule has 1 heterocycles. The molecule has 17 heavy (non-hydrogen) atoms. The minimum absolute atomic E-state index is 0.128. The highest BCUT2D eigenvalue weighted by Gasteiger charge is 2.33. The van der Waals surface area contributed by atoms with Crippen LogP contribution in [0.15, 0.2) is 24.3 Å². The van der Waals surface area contributed by atoms with Crippen molar-refractivity contribution in [2.24, 2.45) is 0 Å². The van der Waals surface area contributed by atoms with E-state index in [1.807, 2.05) is 21.0 Å². The maximum atomic E-state index is 9.30. The van der Waals surface area contributed by atoms with Gasteiger partial charge in [0.1, 0.15) is 0 Å². The molecular formula is C13H21N3O. The lowest BCUT2D eigenvalue weighted by atomic mass is 10.1. The van der Waals surface area contributed by atoms with Gasteiger partial charge in [-0.2, -0.15) is 0 Å². The Kier molecular flexibility index (Phi) is 3.38. The van der Waals surface area contributed by atoms with E-state index >= 15 is 0 Å². The van der Waals surface area contributed by atoms with Crippen LogP contribution in [0.3, 0.4) is 0 Å². The lowest BCUT2D eigenvalue weighted by molar-refractivity contribution is 0.196. The summed E-state index contributed by atoms with van der Waals surface area (Å²) in [4.78, 5) is 2.08. The Hall–Kier alpha value is -1.10. The van der Waals surface area contributed by atoms with Crippen LogP contribution in [0.4, 0.5) is 5.69 Å². The third kappa shape index (κ3) is 2.60. The first-order chi connectivity index (χ1) is 8.04. The van der Waals surface area contributed by atoms with Gasteiger partial charge >= 0.3 is 0 Å². The van der Waals surface area contributed by atoms with Crippen molar-refractivity contribution in [1.29, 1.82) is 0 Å². The average molecular weight is 235 g/mol. The fourth-order valence-electron chi connectivity index (χ4n) is 2.05. The maximum Gasteiger partial charge on any atom is 0.0841 e. The molecule has 4 heteroatoms. The smallest absolute Gasteiger partial charge is 0.0841 e. The zero-order chi connectivity index (χ0) is 12.5. The van der Waals surface area contributed by atoms with Crippen LogP contribution in [0.5, 0.6) is 0 Å². The zero-order valence-electron chi connectivity index (χ0n) is 10.7. The summed E-state index contributed by atoms with van der Waals surface area (Å²) in [5.74, 6) is 0. The van der Waals surface area contributed by atoms with Crippen LogP contribution in [0.2, 0.25) is 0 Å². The van der Waals surface area contributed by atoms with Crippen LogP contribution in [0.25, 0.3) is 0 Å². The van der Waals surface area contributed by atoms with E-state index in [9.17, 15) is 5.11 Å². The molecule has 0 radical (unpaired) electrons. The van der Waals surface area contributed by atoms with Gasteiger partial charge in [0, 0.05) is 26.3 Å². The van der Waals surface area contributed by atoms with Crippen LogP contribution in [-0.4, -0.2) is 37.9 Å². The molecule has 2 rings (SSSR count). The first-order valence-corrected chi connectivity index (χ1v) is 5.93. The standard InChI is InChI=1S/C13H21N3O/c1-13(9-17)8-14-12(15-13)10-4-6-11(7-5-10)16(2)3/h4-7,12,14-15,17H,8-9H2,1-3H3. The fourth-order valence-corrected chi connectivity index (χ4v) is 2.05. The molecule has 0 aromatic heterocycles. The summed E-state index contributed by atoms with van der Waals surface area (Å²) < 4.78 is 0. The normalized spacial score (nSPS) is 28.4. The molecule has 0 spiro atoms. The molecule has 1 fully saturated rings. The second-order valence-corrected chi connectivity index (χ2v) is 5.16. The lowest BCUT2D eigenvalue weighted by Gasteiger charge is -2.22. The second kappa shape index (κ2) is 4.64. The van der Waals surface area contributed by atoms with E-state index in [4.69, 9.17) is 0 Å². The van der Waals surface area contributed by atoms with Crippen molar-refractivity contribution in [2.45, 2.75) is 18.6 Å². The quantitative estimate of drug-likeness (QED) is 0.721. The predicted octanol–water partition coefficient (Wildman–Crippen LogP) is 0.695. The average Bonchev–Trinajstić information content (AvgIpc) is 2.73. The van der Waals surface area contributed by atoms with E-state index in [1.165, 1.54) is 11.3 Å². The lowest BCUT2D eigenvalue weighted by Crippen LogP contribution is -2.43. The monoisotopic (exact) mass is 235 g/mol. The summed E-state index contributed by atoms with van der Waals surface area (Å²) >= 11 is 0. The topological polar surface area (TPSA) is 47.5 Å².